The van der Waals surface area contributed by atoms with E-state index in [4.69, 9.17) is 10.5 Å². The Balaban J connectivity index is 1.60. The predicted molar refractivity (Wildman–Crippen MR) is 101 cm³/mol. The molecule has 0 heterocycles. The summed E-state index contributed by atoms with van der Waals surface area (Å²) in [7, 11) is 1.67. The van der Waals surface area contributed by atoms with E-state index in [0.717, 1.165) is 31.1 Å². The first kappa shape index (κ1) is 19.7. The van der Waals surface area contributed by atoms with Crippen molar-refractivity contribution in [1.82, 2.24) is 5.32 Å². The van der Waals surface area contributed by atoms with Gasteiger partial charge in [0.1, 0.15) is 17.4 Å². The molecule has 0 fully saturated rings. The number of aliphatic hydroxyl groups excluding tert-OH is 1. The first-order valence-corrected chi connectivity index (χ1v) is 9.25. The molecule has 6 heteroatoms. The second-order valence-electron chi connectivity index (χ2n) is 7.09. The number of nitrogens with one attached hydrogen (secondary N) is 1. The Kier molecular flexibility index (Phi) is 6.42. The molecule has 3 rings (SSSR count). The van der Waals surface area contributed by atoms with E-state index in [1.807, 2.05) is 12.1 Å². The molecule has 0 spiro atoms. The number of hydrogen-bond acceptors (Lipinski definition) is 4. The topological polar surface area (TPSA) is 67.5 Å². The summed E-state index contributed by atoms with van der Waals surface area (Å²) in [5.74, 6) is -0.389. The number of methoxy groups -OCH3 is 1. The number of rotatable bonds is 7. The summed E-state index contributed by atoms with van der Waals surface area (Å²) >= 11 is 0. The standard InChI is InChI=1S/C21H26F2N2O2/c1-27-21-7-3-4-16-17(21)5-2-6-19(16)25-12-20(26)18(24)10-13-8-14(22)11-15(23)9-13/h3-4,7-9,11,18-20,25-26H,2,5-6,10,12,24H2,1H3/t18-,19?,20+/m0/s1. The van der Waals surface area contributed by atoms with Gasteiger partial charge in [0, 0.05) is 24.7 Å². The normalized spacial score (nSPS) is 18.6. The summed E-state index contributed by atoms with van der Waals surface area (Å²) in [6.45, 7) is 0.306. The van der Waals surface area contributed by atoms with Crippen LogP contribution in [0.5, 0.6) is 5.75 Å². The third-order valence-electron chi connectivity index (χ3n) is 5.15. The Hall–Kier alpha value is -2.02. The molecule has 4 N–H and O–H groups in total. The maximum Gasteiger partial charge on any atom is 0.126 e. The van der Waals surface area contributed by atoms with Gasteiger partial charge >= 0.3 is 0 Å². The molecule has 0 bridgehead atoms. The van der Waals surface area contributed by atoms with Gasteiger partial charge < -0.3 is 20.9 Å². The molecule has 3 atom stereocenters. The zero-order valence-corrected chi connectivity index (χ0v) is 15.4. The Bertz CT molecular complexity index is 765. The van der Waals surface area contributed by atoms with E-state index in [-0.39, 0.29) is 12.5 Å². The van der Waals surface area contributed by atoms with Gasteiger partial charge in [0.2, 0.25) is 0 Å². The first-order valence-electron chi connectivity index (χ1n) is 9.25. The number of hydrogen-bond donors (Lipinski definition) is 3. The lowest BCUT2D eigenvalue weighted by molar-refractivity contribution is 0.136. The summed E-state index contributed by atoms with van der Waals surface area (Å²) in [5.41, 5.74) is 8.88. The van der Waals surface area contributed by atoms with Crippen molar-refractivity contribution >= 4 is 0 Å². The number of aliphatic hydroxyl groups is 1. The number of benzene rings is 2. The lowest BCUT2D eigenvalue weighted by atomic mass is 9.87. The predicted octanol–water partition coefficient (Wildman–Crippen LogP) is 2.87. The SMILES string of the molecule is COc1cccc2c1CCCC2NC[C@@H](O)[C@@H](N)Cc1cc(F)cc(F)c1. The van der Waals surface area contributed by atoms with Gasteiger partial charge in [0.25, 0.3) is 0 Å². The minimum Gasteiger partial charge on any atom is -0.496 e. The van der Waals surface area contributed by atoms with Gasteiger partial charge in [-0.05, 0) is 60.6 Å². The van der Waals surface area contributed by atoms with Gasteiger partial charge in [-0.3, -0.25) is 0 Å². The highest BCUT2D eigenvalue weighted by Crippen LogP contribution is 2.35. The van der Waals surface area contributed by atoms with E-state index >= 15 is 0 Å². The van der Waals surface area contributed by atoms with Crippen molar-refractivity contribution in [2.45, 2.75) is 43.9 Å². The van der Waals surface area contributed by atoms with E-state index in [9.17, 15) is 13.9 Å². The van der Waals surface area contributed by atoms with Crippen molar-refractivity contribution in [3.05, 3.63) is 64.7 Å². The fraction of sp³-hybridized carbons (Fsp3) is 0.429. The largest absolute Gasteiger partial charge is 0.496 e. The average Bonchev–Trinajstić information content (AvgIpc) is 2.64. The number of halogens is 2. The second kappa shape index (κ2) is 8.78. The molecule has 0 aromatic heterocycles. The third-order valence-corrected chi connectivity index (χ3v) is 5.15. The fourth-order valence-electron chi connectivity index (χ4n) is 3.77. The number of ether oxygens (including phenoxy) is 1. The summed E-state index contributed by atoms with van der Waals surface area (Å²) in [6.07, 6.45) is 2.36. The van der Waals surface area contributed by atoms with Crippen LogP contribution in [-0.4, -0.2) is 30.9 Å². The smallest absolute Gasteiger partial charge is 0.126 e. The molecular weight excluding hydrogens is 350 g/mol. The van der Waals surface area contributed by atoms with Crippen LogP contribution in [0.25, 0.3) is 0 Å². The molecule has 1 unspecified atom stereocenters. The Morgan fingerprint density at radius 1 is 1.26 bits per heavy atom. The lowest BCUT2D eigenvalue weighted by Crippen LogP contribution is -2.44. The monoisotopic (exact) mass is 376 g/mol. The van der Waals surface area contributed by atoms with Crippen molar-refractivity contribution < 1.29 is 18.6 Å². The fourth-order valence-corrected chi connectivity index (χ4v) is 3.77. The van der Waals surface area contributed by atoms with Gasteiger partial charge in [0.05, 0.1) is 13.2 Å². The average molecular weight is 376 g/mol. The van der Waals surface area contributed by atoms with Crippen molar-refractivity contribution in [1.29, 1.82) is 0 Å². The van der Waals surface area contributed by atoms with E-state index in [0.29, 0.717) is 12.1 Å². The molecule has 1 aliphatic carbocycles. The van der Waals surface area contributed by atoms with Gasteiger partial charge in [-0.25, -0.2) is 8.78 Å². The summed E-state index contributed by atoms with van der Waals surface area (Å²) in [5, 5.41) is 13.8. The molecule has 1 aliphatic rings. The molecule has 146 valence electrons. The van der Waals surface area contributed by atoms with E-state index in [1.54, 1.807) is 7.11 Å². The van der Waals surface area contributed by atoms with Crippen LogP contribution in [-0.2, 0) is 12.8 Å². The Morgan fingerprint density at radius 3 is 2.70 bits per heavy atom. The minimum absolute atomic E-state index is 0.123. The second-order valence-corrected chi connectivity index (χ2v) is 7.09. The molecule has 2 aromatic rings. The van der Waals surface area contributed by atoms with Crippen LogP contribution in [0, 0.1) is 11.6 Å². The van der Waals surface area contributed by atoms with Crippen molar-refractivity contribution in [2.75, 3.05) is 13.7 Å². The molecule has 0 aliphatic heterocycles. The van der Waals surface area contributed by atoms with Gasteiger partial charge in [0.15, 0.2) is 0 Å². The van der Waals surface area contributed by atoms with Crippen LogP contribution in [0.3, 0.4) is 0 Å². The maximum atomic E-state index is 13.3. The van der Waals surface area contributed by atoms with Crippen molar-refractivity contribution in [3.8, 4) is 5.75 Å². The third kappa shape index (κ3) is 4.83. The molecule has 4 nitrogen and oxygen atoms in total. The molecule has 0 radical (unpaired) electrons. The number of fused-ring (bicyclic) bond motifs is 1. The minimum atomic E-state index is -0.827. The summed E-state index contributed by atoms with van der Waals surface area (Å²) < 4.78 is 32.1. The Labute approximate surface area is 158 Å². The highest BCUT2D eigenvalue weighted by Gasteiger charge is 2.24. The van der Waals surface area contributed by atoms with E-state index < -0.39 is 23.8 Å². The van der Waals surface area contributed by atoms with Gasteiger partial charge in [-0.2, -0.15) is 0 Å². The van der Waals surface area contributed by atoms with Crippen LogP contribution >= 0.6 is 0 Å². The highest BCUT2D eigenvalue weighted by atomic mass is 19.1. The molecule has 27 heavy (non-hydrogen) atoms. The van der Waals surface area contributed by atoms with Crippen molar-refractivity contribution in [3.63, 3.8) is 0 Å². The number of nitrogens with two attached hydrogens (primary N) is 1. The molecule has 2 aromatic carbocycles. The zero-order valence-electron chi connectivity index (χ0n) is 15.4. The van der Waals surface area contributed by atoms with Crippen molar-refractivity contribution in [2.24, 2.45) is 5.73 Å². The van der Waals surface area contributed by atoms with E-state index in [1.165, 1.54) is 23.3 Å². The molecule has 0 amide bonds. The van der Waals surface area contributed by atoms with Gasteiger partial charge in [-0.1, -0.05) is 12.1 Å². The summed E-state index contributed by atoms with van der Waals surface area (Å²) in [6, 6.07) is 8.82. The molecular formula is C21H26F2N2O2. The lowest BCUT2D eigenvalue weighted by Gasteiger charge is -2.29. The van der Waals surface area contributed by atoms with Crippen LogP contribution in [0.15, 0.2) is 36.4 Å². The first-order chi connectivity index (χ1) is 13.0. The molecule has 0 saturated heterocycles. The van der Waals surface area contributed by atoms with Crippen LogP contribution in [0.4, 0.5) is 8.78 Å². The molecule has 0 saturated carbocycles. The highest BCUT2D eigenvalue weighted by molar-refractivity contribution is 5.43. The zero-order chi connectivity index (χ0) is 19.4. The quantitative estimate of drug-likeness (QED) is 0.695. The van der Waals surface area contributed by atoms with Gasteiger partial charge in [-0.15, -0.1) is 0 Å². The van der Waals surface area contributed by atoms with Crippen LogP contribution < -0.4 is 15.8 Å². The summed E-state index contributed by atoms with van der Waals surface area (Å²) in [4.78, 5) is 0. The Morgan fingerprint density at radius 2 is 2.00 bits per heavy atom. The maximum absolute atomic E-state index is 13.3. The van der Waals surface area contributed by atoms with Crippen LogP contribution in [0.1, 0.15) is 35.6 Å². The van der Waals surface area contributed by atoms with Crippen LogP contribution in [0.2, 0.25) is 0 Å². The van der Waals surface area contributed by atoms with E-state index in [2.05, 4.69) is 11.4 Å².